The van der Waals surface area contributed by atoms with Gasteiger partial charge in [0, 0.05) is 0 Å². The van der Waals surface area contributed by atoms with Gasteiger partial charge in [0.25, 0.3) is 0 Å². The summed E-state index contributed by atoms with van der Waals surface area (Å²) in [6, 6.07) is -1.23. The Balaban J connectivity index is 4.22. The van der Waals surface area contributed by atoms with Crippen molar-refractivity contribution in [2.75, 3.05) is 6.61 Å². The van der Waals surface area contributed by atoms with Crippen LogP contribution in [-0.2, 0) is 9.53 Å². The summed E-state index contributed by atoms with van der Waals surface area (Å²) >= 11 is 16.0. The van der Waals surface area contributed by atoms with Crippen LogP contribution in [0.1, 0.15) is 6.92 Å². The number of aliphatic carboxylic acids is 1. The third-order valence-corrected chi connectivity index (χ3v) is 1.70. The van der Waals surface area contributed by atoms with E-state index in [1.807, 2.05) is 0 Å². The number of alkyl carbamates (subject to hydrolysis) is 1. The molecule has 0 aromatic rings. The van der Waals surface area contributed by atoms with Crippen LogP contribution < -0.4 is 5.32 Å². The van der Waals surface area contributed by atoms with Gasteiger partial charge >= 0.3 is 12.1 Å². The van der Waals surface area contributed by atoms with E-state index < -0.39 is 28.5 Å². The Kier molecular flexibility index (Phi) is 5.92. The van der Waals surface area contributed by atoms with Crippen molar-refractivity contribution in [3.8, 4) is 0 Å². The van der Waals surface area contributed by atoms with Crippen molar-refractivity contribution in [3.63, 3.8) is 0 Å². The van der Waals surface area contributed by atoms with Crippen LogP contribution >= 0.6 is 34.8 Å². The number of hydrogen-bond acceptors (Lipinski definition) is 3. The fourth-order valence-corrected chi connectivity index (χ4v) is 0.866. The zero-order valence-corrected chi connectivity index (χ0v) is 10.6. The van der Waals surface area contributed by atoms with Crippen molar-refractivity contribution in [2.45, 2.75) is 16.8 Å². The van der Waals surface area contributed by atoms with Gasteiger partial charge in [0.15, 0.2) is 6.04 Å². The molecule has 0 fully saturated rings. The van der Waals surface area contributed by atoms with E-state index in [0.29, 0.717) is 0 Å². The number of carbonyl (C=O) groups is 2. The second-order valence-electron chi connectivity index (χ2n) is 2.95. The van der Waals surface area contributed by atoms with Crippen molar-refractivity contribution in [3.05, 3.63) is 12.2 Å². The van der Waals surface area contributed by atoms with Crippen LogP contribution in [0, 0.1) is 0 Å². The van der Waals surface area contributed by atoms with Gasteiger partial charge in [-0.1, -0.05) is 41.4 Å². The zero-order valence-electron chi connectivity index (χ0n) is 8.30. The highest BCUT2D eigenvalue weighted by Crippen LogP contribution is 2.25. The molecule has 8 heteroatoms. The smallest absolute Gasteiger partial charge is 0.408 e. The molecule has 0 radical (unpaired) electrons. The largest absolute Gasteiger partial charge is 0.479 e. The number of nitrogens with one attached hydrogen (secondary N) is 1. The fourth-order valence-electron chi connectivity index (χ4n) is 0.703. The molecule has 0 heterocycles. The van der Waals surface area contributed by atoms with E-state index in [1.54, 1.807) is 0 Å². The summed E-state index contributed by atoms with van der Waals surface area (Å²) in [4.78, 5) is 21.8. The Labute approximate surface area is 107 Å². The van der Waals surface area contributed by atoms with Crippen LogP contribution in [0.15, 0.2) is 12.2 Å². The SMILES string of the molecule is C=C(C)C(NC(=O)OCC(Cl)(Cl)Cl)C(=O)O. The molecule has 5 nitrogen and oxygen atoms in total. The molecule has 0 aromatic heterocycles. The van der Waals surface area contributed by atoms with Crippen LogP contribution in [-0.4, -0.2) is 33.6 Å². The molecule has 0 saturated heterocycles. The molecule has 1 amide bonds. The van der Waals surface area contributed by atoms with E-state index in [4.69, 9.17) is 39.9 Å². The number of carbonyl (C=O) groups excluding carboxylic acids is 1. The third-order valence-electron chi connectivity index (χ3n) is 1.37. The highest BCUT2D eigenvalue weighted by atomic mass is 35.6. The maximum atomic E-state index is 11.1. The van der Waals surface area contributed by atoms with Crippen molar-refractivity contribution in [1.29, 1.82) is 0 Å². The first kappa shape index (κ1) is 15.3. The number of ether oxygens (including phenoxy) is 1. The predicted octanol–water partition coefficient (Wildman–Crippen LogP) is 2.11. The summed E-state index contributed by atoms with van der Waals surface area (Å²) in [5.74, 6) is -1.25. The predicted molar refractivity (Wildman–Crippen MR) is 61.0 cm³/mol. The molecule has 0 aliphatic heterocycles. The number of amides is 1. The van der Waals surface area contributed by atoms with E-state index >= 15 is 0 Å². The lowest BCUT2D eigenvalue weighted by atomic mass is 10.1. The molecular formula is C8H10Cl3NO4. The van der Waals surface area contributed by atoms with Gasteiger partial charge in [0.1, 0.15) is 6.61 Å². The topological polar surface area (TPSA) is 75.6 Å². The Morgan fingerprint density at radius 1 is 1.50 bits per heavy atom. The standard InChI is InChI=1S/C8H10Cl3NO4/c1-4(2)5(6(13)14)12-7(15)16-3-8(9,10)11/h5H,1,3H2,2H3,(H,12,15)(H,13,14). The number of carboxylic acids is 1. The molecular weight excluding hydrogens is 280 g/mol. The average molecular weight is 291 g/mol. The highest BCUT2D eigenvalue weighted by molar-refractivity contribution is 6.67. The van der Waals surface area contributed by atoms with Crippen LogP contribution in [0.3, 0.4) is 0 Å². The van der Waals surface area contributed by atoms with Crippen molar-refractivity contribution in [1.82, 2.24) is 5.32 Å². The maximum Gasteiger partial charge on any atom is 0.408 e. The van der Waals surface area contributed by atoms with Crippen LogP contribution in [0.5, 0.6) is 0 Å². The van der Waals surface area contributed by atoms with E-state index in [-0.39, 0.29) is 5.57 Å². The van der Waals surface area contributed by atoms with Crippen LogP contribution in [0.4, 0.5) is 4.79 Å². The first-order valence-electron chi connectivity index (χ1n) is 4.01. The van der Waals surface area contributed by atoms with E-state index in [9.17, 15) is 9.59 Å². The Hall–Kier alpha value is -0.650. The fraction of sp³-hybridized carbons (Fsp3) is 0.500. The molecule has 0 saturated carbocycles. The van der Waals surface area contributed by atoms with E-state index in [0.717, 1.165) is 0 Å². The lowest BCUT2D eigenvalue weighted by Crippen LogP contribution is -2.42. The van der Waals surface area contributed by atoms with E-state index in [1.165, 1.54) is 6.92 Å². The van der Waals surface area contributed by atoms with Gasteiger partial charge in [-0.25, -0.2) is 9.59 Å². The second kappa shape index (κ2) is 6.18. The molecule has 1 unspecified atom stereocenters. The van der Waals surface area contributed by atoms with Gasteiger partial charge in [0.05, 0.1) is 0 Å². The number of alkyl halides is 3. The Morgan fingerprint density at radius 3 is 2.31 bits per heavy atom. The summed E-state index contributed by atoms with van der Waals surface area (Å²) in [6.45, 7) is 4.38. The number of hydrogen-bond donors (Lipinski definition) is 2. The molecule has 0 bridgehead atoms. The van der Waals surface area contributed by atoms with Gasteiger partial charge in [-0.05, 0) is 12.5 Å². The molecule has 0 rings (SSSR count). The summed E-state index contributed by atoms with van der Waals surface area (Å²) in [7, 11) is 0. The van der Waals surface area contributed by atoms with Crippen molar-refractivity contribution < 1.29 is 19.4 Å². The summed E-state index contributed by atoms with van der Waals surface area (Å²) in [5, 5.41) is 10.8. The van der Waals surface area contributed by atoms with Gasteiger partial charge in [-0.3, -0.25) is 0 Å². The quantitative estimate of drug-likeness (QED) is 0.614. The highest BCUT2D eigenvalue weighted by Gasteiger charge is 2.25. The third kappa shape index (κ3) is 6.76. The molecule has 92 valence electrons. The average Bonchev–Trinajstić information content (AvgIpc) is 2.08. The van der Waals surface area contributed by atoms with Gasteiger partial charge in [0.2, 0.25) is 3.79 Å². The number of rotatable bonds is 4. The van der Waals surface area contributed by atoms with E-state index in [2.05, 4.69) is 16.6 Å². The minimum absolute atomic E-state index is 0.248. The molecule has 0 spiro atoms. The van der Waals surface area contributed by atoms with Gasteiger partial charge in [-0.15, -0.1) is 0 Å². The molecule has 16 heavy (non-hydrogen) atoms. The normalized spacial score (nSPS) is 12.8. The van der Waals surface area contributed by atoms with Gasteiger partial charge < -0.3 is 15.2 Å². The monoisotopic (exact) mass is 289 g/mol. The number of carboxylic acid groups (broad SMARTS) is 1. The lowest BCUT2D eigenvalue weighted by Gasteiger charge is -2.16. The first-order valence-corrected chi connectivity index (χ1v) is 5.15. The summed E-state index contributed by atoms with van der Waals surface area (Å²) in [5.41, 5.74) is 0.248. The van der Waals surface area contributed by atoms with Crippen LogP contribution in [0.2, 0.25) is 0 Å². The molecule has 0 aliphatic carbocycles. The Morgan fingerprint density at radius 2 is 2.00 bits per heavy atom. The second-order valence-corrected chi connectivity index (χ2v) is 5.47. The molecule has 0 aliphatic rings. The minimum atomic E-state index is -1.74. The van der Waals surface area contributed by atoms with Crippen LogP contribution in [0.25, 0.3) is 0 Å². The summed E-state index contributed by atoms with van der Waals surface area (Å²) < 4.78 is 2.75. The molecule has 0 aromatic carbocycles. The lowest BCUT2D eigenvalue weighted by molar-refractivity contribution is -0.138. The number of halogens is 3. The molecule has 2 N–H and O–H groups in total. The van der Waals surface area contributed by atoms with Gasteiger partial charge in [-0.2, -0.15) is 0 Å². The van der Waals surface area contributed by atoms with Crippen molar-refractivity contribution >= 4 is 46.9 Å². The maximum absolute atomic E-state index is 11.1. The minimum Gasteiger partial charge on any atom is -0.479 e. The molecule has 1 atom stereocenters. The Bertz CT molecular complexity index is 286. The summed E-state index contributed by atoms with van der Waals surface area (Å²) in [6.07, 6.45) is -0.998. The zero-order chi connectivity index (χ0) is 12.9. The first-order chi connectivity index (χ1) is 7.13. The van der Waals surface area contributed by atoms with Crippen molar-refractivity contribution in [2.24, 2.45) is 0 Å².